The van der Waals surface area contributed by atoms with Gasteiger partial charge in [0.2, 0.25) is 10.0 Å². The van der Waals surface area contributed by atoms with Crippen molar-refractivity contribution in [2.45, 2.75) is 31.2 Å². The molecule has 9 heteroatoms. The maximum absolute atomic E-state index is 13.6. The lowest BCUT2D eigenvalue weighted by Crippen LogP contribution is -2.54. The molecule has 1 atom stereocenters. The fourth-order valence-corrected chi connectivity index (χ4v) is 4.47. The first kappa shape index (κ1) is 20.8. The van der Waals surface area contributed by atoms with Gasteiger partial charge in [0.15, 0.2) is 0 Å². The van der Waals surface area contributed by atoms with Crippen molar-refractivity contribution in [3.05, 3.63) is 29.6 Å². The number of halogens is 2. The van der Waals surface area contributed by atoms with Crippen LogP contribution in [0.5, 0.6) is 0 Å². The van der Waals surface area contributed by atoms with Crippen LogP contribution in [0.3, 0.4) is 0 Å². The van der Waals surface area contributed by atoms with Crippen molar-refractivity contribution >= 4 is 28.4 Å². The highest BCUT2D eigenvalue weighted by atomic mass is 35.5. The first-order chi connectivity index (χ1) is 10.6. The summed E-state index contributed by atoms with van der Waals surface area (Å²) in [5.74, 6) is -1.55. The fraction of sp³-hybridized carbons (Fsp3) is 0.533. The molecule has 24 heavy (non-hydrogen) atoms. The summed E-state index contributed by atoms with van der Waals surface area (Å²) in [6, 6.07) is 2.88. The van der Waals surface area contributed by atoms with E-state index in [-0.39, 0.29) is 42.0 Å². The number of hydrogen-bond donors (Lipinski definition) is 1. The van der Waals surface area contributed by atoms with Crippen LogP contribution in [0.25, 0.3) is 0 Å². The Morgan fingerprint density at radius 3 is 2.58 bits per heavy atom. The van der Waals surface area contributed by atoms with Crippen molar-refractivity contribution in [2.75, 3.05) is 20.2 Å². The minimum atomic E-state index is -4.03. The molecule has 1 aliphatic heterocycles. The average molecular weight is 381 g/mol. The lowest BCUT2D eigenvalue weighted by atomic mass is 9.81. The van der Waals surface area contributed by atoms with Gasteiger partial charge in [-0.1, -0.05) is 13.8 Å². The molecule has 1 saturated heterocycles. The van der Waals surface area contributed by atoms with Crippen LogP contribution < -0.4 is 5.73 Å². The molecule has 2 N–H and O–H groups in total. The molecule has 0 amide bonds. The van der Waals surface area contributed by atoms with Gasteiger partial charge in [0, 0.05) is 19.1 Å². The summed E-state index contributed by atoms with van der Waals surface area (Å²) in [7, 11) is -2.88. The summed E-state index contributed by atoms with van der Waals surface area (Å²) < 4.78 is 45.2. The highest BCUT2D eigenvalue weighted by Gasteiger charge is 2.40. The Labute approximate surface area is 147 Å². The third kappa shape index (κ3) is 3.88. The normalized spacial score (nSPS) is 21.0. The van der Waals surface area contributed by atoms with Gasteiger partial charge in [-0.3, -0.25) is 0 Å². The molecular weight excluding hydrogens is 359 g/mol. The molecule has 2 rings (SSSR count). The molecular formula is C15H22ClFN2O4S. The highest BCUT2D eigenvalue weighted by molar-refractivity contribution is 7.89. The molecule has 1 aromatic carbocycles. The zero-order chi connectivity index (χ0) is 17.4. The first-order valence-electron chi connectivity index (χ1n) is 7.23. The van der Waals surface area contributed by atoms with Crippen molar-refractivity contribution in [2.24, 2.45) is 11.1 Å². The summed E-state index contributed by atoms with van der Waals surface area (Å²) in [5, 5.41) is 0. The number of nitrogens with two attached hydrogens (primary N) is 1. The van der Waals surface area contributed by atoms with E-state index in [4.69, 9.17) is 5.73 Å². The van der Waals surface area contributed by atoms with Crippen molar-refractivity contribution in [3.8, 4) is 0 Å². The number of ether oxygens (including phenoxy) is 1. The second-order valence-corrected chi connectivity index (χ2v) is 8.26. The van der Waals surface area contributed by atoms with Crippen molar-refractivity contribution in [3.63, 3.8) is 0 Å². The van der Waals surface area contributed by atoms with Gasteiger partial charge in [-0.2, -0.15) is 4.31 Å². The number of carbonyl (C=O) groups is 1. The summed E-state index contributed by atoms with van der Waals surface area (Å²) >= 11 is 0. The van der Waals surface area contributed by atoms with Crippen LogP contribution in [0.2, 0.25) is 0 Å². The zero-order valence-corrected chi connectivity index (χ0v) is 15.4. The first-order valence-corrected chi connectivity index (χ1v) is 8.67. The minimum Gasteiger partial charge on any atom is -0.465 e. The van der Waals surface area contributed by atoms with Crippen LogP contribution in [0.1, 0.15) is 30.6 Å². The zero-order valence-electron chi connectivity index (χ0n) is 13.8. The van der Waals surface area contributed by atoms with Gasteiger partial charge in [0.25, 0.3) is 0 Å². The Kier molecular flexibility index (Phi) is 6.37. The van der Waals surface area contributed by atoms with Gasteiger partial charge in [-0.25, -0.2) is 17.6 Å². The van der Waals surface area contributed by atoms with Crippen LogP contribution >= 0.6 is 12.4 Å². The molecule has 6 nitrogen and oxygen atoms in total. The molecule has 0 aromatic heterocycles. The molecule has 1 aliphatic rings. The smallest absolute Gasteiger partial charge is 0.339 e. The van der Waals surface area contributed by atoms with Crippen LogP contribution in [0.15, 0.2) is 23.1 Å². The molecule has 0 radical (unpaired) electrons. The second-order valence-electron chi connectivity index (χ2n) is 6.35. The topological polar surface area (TPSA) is 89.7 Å². The van der Waals surface area contributed by atoms with E-state index in [0.717, 1.165) is 25.3 Å². The molecule has 1 heterocycles. The van der Waals surface area contributed by atoms with E-state index in [2.05, 4.69) is 4.74 Å². The lowest BCUT2D eigenvalue weighted by Gasteiger charge is -2.41. The quantitative estimate of drug-likeness (QED) is 0.807. The van der Waals surface area contributed by atoms with Crippen LogP contribution in [0.4, 0.5) is 4.39 Å². The van der Waals surface area contributed by atoms with Gasteiger partial charge < -0.3 is 10.5 Å². The fourth-order valence-electron chi connectivity index (χ4n) is 2.66. The SMILES string of the molecule is COC(=O)c1ccc(F)cc1S(=O)(=O)N1CCC(N)C(C)(C)C1.Cl. The number of esters is 1. The largest absolute Gasteiger partial charge is 0.465 e. The predicted octanol–water partition coefficient (Wildman–Crippen LogP) is 1.78. The Balaban J connectivity index is 0.00000288. The molecule has 0 spiro atoms. The van der Waals surface area contributed by atoms with E-state index in [1.165, 1.54) is 4.31 Å². The maximum atomic E-state index is 13.6. The Morgan fingerprint density at radius 1 is 1.42 bits per heavy atom. The number of carbonyl (C=O) groups excluding carboxylic acids is 1. The van der Waals surface area contributed by atoms with E-state index >= 15 is 0 Å². The van der Waals surface area contributed by atoms with E-state index in [0.29, 0.717) is 6.42 Å². The number of rotatable bonds is 3. The summed E-state index contributed by atoms with van der Waals surface area (Å²) in [6.07, 6.45) is 0.495. The predicted molar refractivity (Wildman–Crippen MR) is 90.1 cm³/mol. The number of hydrogen-bond acceptors (Lipinski definition) is 5. The molecule has 0 bridgehead atoms. The Hall–Kier alpha value is -1.22. The monoisotopic (exact) mass is 380 g/mol. The van der Waals surface area contributed by atoms with E-state index < -0.39 is 27.2 Å². The summed E-state index contributed by atoms with van der Waals surface area (Å²) in [4.78, 5) is 11.4. The second kappa shape index (κ2) is 7.35. The van der Waals surface area contributed by atoms with Gasteiger partial charge in [-0.15, -0.1) is 12.4 Å². The van der Waals surface area contributed by atoms with Crippen molar-refractivity contribution in [1.29, 1.82) is 0 Å². The van der Waals surface area contributed by atoms with Gasteiger partial charge in [0.05, 0.1) is 17.6 Å². The number of sulfonamides is 1. The lowest BCUT2D eigenvalue weighted by molar-refractivity contribution is 0.0596. The van der Waals surface area contributed by atoms with Crippen LogP contribution in [-0.2, 0) is 14.8 Å². The third-order valence-corrected chi connectivity index (χ3v) is 6.13. The van der Waals surface area contributed by atoms with E-state index in [1.54, 1.807) is 0 Å². The van der Waals surface area contributed by atoms with Gasteiger partial charge in [0.1, 0.15) is 5.82 Å². The van der Waals surface area contributed by atoms with E-state index in [9.17, 15) is 17.6 Å². The summed E-state index contributed by atoms with van der Waals surface area (Å²) in [5.41, 5.74) is 5.43. The van der Waals surface area contributed by atoms with Gasteiger partial charge in [-0.05, 0) is 30.0 Å². The molecule has 1 unspecified atom stereocenters. The van der Waals surface area contributed by atoms with Crippen molar-refractivity contribution < 1.29 is 22.3 Å². The standard InChI is InChI=1S/C15H21FN2O4S.ClH/c1-15(2)9-18(7-6-13(15)17)23(20,21)12-8-10(16)4-5-11(12)14(19)22-3;/h4-5,8,13H,6-7,9,17H2,1-3H3;1H. The molecule has 1 fully saturated rings. The third-order valence-electron chi connectivity index (χ3n) is 4.24. The number of nitrogens with zero attached hydrogens (tertiary/aromatic N) is 1. The Bertz CT molecular complexity index is 724. The maximum Gasteiger partial charge on any atom is 0.339 e. The van der Waals surface area contributed by atoms with Crippen LogP contribution in [0, 0.1) is 11.2 Å². The Morgan fingerprint density at radius 2 is 2.04 bits per heavy atom. The highest BCUT2D eigenvalue weighted by Crippen LogP contribution is 2.32. The number of piperidine rings is 1. The van der Waals surface area contributed by atoms with E-state index in [1.807, 2.05) is 13.8 Å². The number of methoxy groups -OCH3 is 1. The van der Waals surface area contributed by atoms with Crippen LogP contribution in [-0.4, -0.2) is 44.9 Å². The average Bonchev–Trinajstić information content (AvgIpc) is 2.49. The molecule has 0 saturated carbocycles. The van der Waals surface area contributed by atoms with Crippen molar-refractivity contribution in [1.82, 2.24) is 4.31 Å². The number of benzene rings is 1. The minimum absolute atomic E-state index is 0. The summed E-state index contributed by atoms with van der Waals surface area (Å²) in [6.45, 7) is 4.19. The van der Waals surface area contributed by atoms with Gasteiger partial charge >= 0.3 is 5.97 Å². The molecule has 1 aromatic rings. The molecule has 0 aliphatic carbocycles. The molecule has 136 valence electrons.